The average Bonchev–Trinajstić information content (AvgIpc) is 3.41. The van der Waals surface area contributed by atoms with E-state index >= 15 is 0 Å². The van der Waals surface area contributed by atoms with Crippen LogP contribution in [0.25, 0.3) is 0 Å². The number of amides is 1. The average molecular weight is 513 g/mol. The van der Waals surface area contributed by atoms with Crippen molar-refractivity contribution in [1.82, 2.24) is 19.4 Å². The van der Waals surface area contributed by atoms with Crippen LogP contribution < -0.4 is 5.32 Å². The number of halogens is 4. The van der Waals surface area contributed by atoms with Crippen LogP contribution in [0, 0.1) is 0 Å². The fourth-order valence-electron chi connectivity index (χ4n) is 4.00. The van der Waals surface area contributed by atoms with E-state index in [9.17, 15) is 26.4 Å². The smallest absolute Gasteiger partial charge is 0.347 e. The van der Waals surface area contributed by atoms with Crippen molar-refractivity contribution >= 4 is 27.5 Å². The number of nitrogens with one attached hydrogen (secondary N) is 1. The minimum Gasteiger partial charge on any atom is -0.347 e. The third kappa shape index (κ3) is 4.68. The summed E-state index contributed by atoms with van der Waals surface area (Å²) in [6, 6.07) is 11.4. The Bertz CT molecular complexity index is 1310. The highest BCUT2D eigenvalue weighted by atomic mass is 35.5. The highest BCUT2D eigenvalue weighted by Crippen LogP contribution is 2.37. The molecule has 0 aliphatic carbocycles. The van der Waals surface area contributed by atoms with Gasteiger partial charge < -0.3 is 5.32 Å². The van der Waals surface area contributed by atoms with Crippen molar-refractivity contribution in [2.45, 2.75) is 23.0 Å². The number of alkyl halides is 3. The molecule has 0 saturated carbocycles. The summed E-state index contributed by atoms with van der Waals surface area (Å²) in [6.07, 6.45) is -2.11. The van der Waals surface area contributed by atoms with E-state index in [2.05, 4.69) is 10.4 Å². The quantitative estimate of drug-likeness (QED) is 0.565. The Balaban J connectivity index is 1.65. The van der Waals surface area contributed by atoms with Gasteiger partial charge in [-0.2, -0.15) is 22.6 Å². The fourth-order valence-corrected chi connectivity index (χ4v) is 5.80. The first kappa shape index (κ1) is 24.2. The summed E-state index contributed by atoms with van der Waals surface area (Å²) in [5.41, 5.74) is -0.669. The van der Waals surface area contributed by atoms with Gasteiger partial charge >= 0.3 is 6.18 Å². The fraction of sp³-hybridized carbons (Fsp3) is 0.273. The lowest BCUT2D eigenvalue weighted by molar-refractivity contribution is -0.137. The first-order valence-electron chi connectivity index (χ1n) is 10.2. The summed E-state index contributed by atoms with van der Waals surface area (Å²) < 4.78 is 68.6. The Kier molecular flexibility index (Phi) is 6.45. The molecule has 0 spiro atoms. The predicted molar refractivity (Wildman–Crippen MR) is 119 cm³/mol. The van der Waals surface area contributed by atoms with Crippen molar-refractivity contribution in [2.24, 2.45) is 7.05 Å². The number of hydrogen-bond donors (Lipinski definition) is 1. The predicted octanol–water partition coefficient (Wildman–Crippen LogP) is 3.68. The normalized spacial score (nSPS) is 19.3. The summed E-state index contributed by atoms with van der Waals surface area (Å²) in [7, 11) is -2.31. The highest BCUT2D eigenvalue weighted by Gasteiger charge is 2.42. The van der Waals surface area contributed by atoms with Crippen LogP contribution in [0.4, 0.5) is 13.2 Å². The number of sulfonamides is 1. The molecule has 1 fully saturated rings. The van der Waals surface area contributed by atoms with E-state index in [0.717, 1.165) is 17.7 Å². The van der Waals surface area contributed by atoms with Gasteiger partial charge in [-0.25, -0.2) is 8.42 Å². The van der Waals surface area contributed by atoms with Crippen LogP contribution in [-0.2, 0) is 23.2 Å². The lowest BCUT2D eigenvalue weighted by atomic mass is 9.94. The largest absolute Gasteiger partial charge is 0.417 e. The third-order valence-electron chi connectivity index (χ3n) is 5.70. The summed E-state index contributed by atoms with van der Waals surface area (Å²) in [5.74, 6) is -1.25. The van der Waals surface area contributed by atoms with Crippen LogP contribution in [0.2, 0.25) is 5.02 Å². The number of aryl methyl sites for hydroxylation is 1. The summed E-state index contributed by atoms with van der Waals surface area (Å²) >= 11 is 5.91. The monoisotopic (exact) mass is 512 g/mol. The van der Waals surface area contributed by atoms with Gasteiger partial charge in [0.15, 0.2) is 0 Å². The molecule has 12 heteroatoms. The second kappa shape index (κ2) is 9.05. The van der Waals surface area contributed by atoms with Gasteiger partial charge in [-0.15, -0.1) is 0 Å². The van der Waals surface area contributed by atoms with Crippen LogP contribution in [-0.4, -0.2) is 47.5 Å². The Morgan fingerprint density at radius 3 is 2.44 bits per heavy atom. The molecule has 2 atom stereocenters. The molecular formula is C22H20ClF3N4O3S. The minimum absolute atomic E-state index is 0.00899. The zero-order chi connectivity index (χ0) is 24.7. The molecule has 1 aromatic heterocycles. The van der Waals surface area contributed by atoms with Gasteiger partial charge in [0.1, 0.15) is 4.90 Å². The number of rotatable bonds is 5. The van der Waals surface area contributed by atoms with E-state index in [0.29, 0.717) is 0 Å². The van der Waals surface area contributed by atoms with E-state index in [1.807, 2.05) is 0 Å². The van der Waals surface area contributed by atoms with Gasteiger partial charge in [-0.05, 0) is 17.7 Å². The number of nitrogens with zero attached hydrogens (tertiary/aromatic N) is 3. The van der Waals surface area contributed by atoms with E-state index < -0.39 is 44.7 Å². The molecule has 0 bridgehead atoms. The molecule has 1 aliphatic heterocycles. The summed E-state index contributed by atoms with van der Waals surface area (Å²) in [6.45, 7) is 0.00161. The number of aromatic nitrogens is 2. The zero-order valence-electron chi connectivity index (χ0n) is 17.8. The molecule has 34 heavy (non-hydrogen) atoms. The van der Waals surface area contributed by atoms with E-state index in [-0.39, 0.29) is 23.5 Å². The van der Waals surface area contributed by atoms with Gasteiger partial charge in [0.25, 0.3) is 5.91 Å². The highest BCUT2D eigenvalue weighted by molar-refractivity contribution is 7.89. The second-order valence-electron chi connectivity index (χ2n) is 7.93. The number of hydrogen-bond acceptors (Lipinski definition) is 4. The Hall–Kier alpha value is -2.89. The lowest BCUT2D eigenvalue weighted by Gasteiger charge is -2.21. The molecule has 2 heterocycles. The van der Waals surface area contributed by atoms with Crippen molar-refractivity contribution in [3.05, 3.63) is 82.6 Å². The maximum atomic E-state index is 13.2. The first-order chi connectivity index (χ1) is 16.0. The van der Waals surface area contributed by atoms with E-state index in [1.54, 1.807) is 37.4 Å². The Morgan fingerprint density at radius 2 is 1.82 bits per heavy atom. The lowest BCUT2D eigenvalue weighted by Crippen LogP contribution is -2.40. The number of benzene rings is 2. The molecule has 0 radical (unpaired) electrons. The third-order valence-corrected chi connectivity index (χ3v) is 7.89. The Morgan fingerprint density at radius 1 is 1.12 bits per heavy atom. The van der Waals surface area contributed by atoms with Crippen LogP contribution in [0.1, 0.15) is 27.4 Å². The number of carbonyl (C=O) groups excluding carboxylic acids is 1. The molecule has 1 N–H and O–H groups in total. The number of carbonyl (C=O) groups is 1. The van der Waals surface area contributed by atoms with Crippen LogP contribution in [0.5, 0.6) is 0 Å². The van der Waals surface area contributed by atoms with Crippen LogP contribution >= 0.6 is 11.6 Å². The van der Waals surface area contributed by atoms with Gasteiger partial charge in [0.2, 0.25) is 10.0 Å². The van der Waals surface area contributed by atoms with E-state index in [4.69, 9.17) is 11.6 Å². The minimum atomic E-state index is -4.72. The van der Waals surface area contributed by atoms with Crippen LogP contribution in [0.3, 0.4) is 0 Å². The van der Waals surface area contributed by atoms with Crippen molar-refractivity contribution in [3.8, 4) is 0 Å². The SMILES string of the molecule is Cn1cc(S(=O)(=O)N2C[C@H](NC(=O)c3cccc(C(F)(F)F)c3Cl)[C@@H](c3ccccc3)C2)cn1. The molecule has 1 saturated heterocycles. The molecule has 7 nitrogen and oxygen atoms in total. The molecule has 3 aromatic rings. The first-order valence-corrected chi connectivity index (χ1v) is 12.0. The topological polar surface area (TPSA) is 84.3 Å². The summed E-state index contributed by atoms with van der Waals surface area (Å²) in [5, 5.41) is 5.91. The molecule has 1 amide bonds. The maximum absolute atomic E-state index is 13.2. The van der Waals surface area contributed by atoms with Crippen molar-refractivity contribution in [1.29, 1.82) is 0 Å². The maximum Gasteiger partial charge on any atom is 0.417 e. The molecule has 0 unspecified atom stereocenters. The molecule has 4 rings (SSSR count). The van der Waals surface area contributed by atoms with Crippen molar-refractivity contribution in [3.63, 3.8) is 0 Å². The summed E-state index contributed by atoms with van der Waals surface area (Å²) in [4.78, 5) is 13.0. The van der Waals surface area contributed by atoms with E-state index in [1.165, 1.54) is 27.4 Å². The Labute approximate surface area is 199 Å². The van der Waals surface area contributed by atoms with Crippen molar-refractivity contribution < 1.29 is 26.4 Å². The molecule has 2 aromatic carbocycles. The van der Waals surface area contributed by atoms with Gasteiger partial charge in [0, 0.05) is 32.3 Å². The molecule has 180 valence electrons. The zero-order valence-corrected chi connectivity index (χ0v) is 19.4. The van der Waals surface area contributed by atoms with Gasteiger partial charge in [0.05, 0.1) is 28.4 Å². The standard InChI is InChI=1S/C22H20ClF3N4O3S/c1-29-11-15(10-27-29)34(32,33)30-12-17(14-6-3-2-4-7-14)19(13-30)28-21(31)16-8-5-9-18(20(16)23)22(24,25)26/h2-11,17,19H,12-13H2,1H3,(H,28,31)/t17-,19+/m1/s1. The second-order valence-corrected chi connectivity index (χ2v) is 10.2. The molecular weight excluding hydrogens is 493 g/mol. The van der Waals surface area contributed by atoms with Crippen LogP contribution in [0.15, 0.2) is 65.8 Å². The van der Waals surface area contributed by atoms with Gasteiger partial charge in [-0.1, -0.05) is 48.0 Å². The molecule has 1 aliphatic rings. The van der Waals surface area contributed by atoms with Crippen molar-refractivity contribution in [2.75, 3.05) is 13.1 Å². The van der Waals surface area contributed by atoms with Gasteiger partial charge in [-0.3, -0.25) is 9.48 Å².